The third kappa shape index (κ3) is 3.72. The molecule has 8 heteroatoms. The summed E-state index contributed by atoms with van der Waals surface area (Å²) in [4.78, 5) is 11.2. The molecule has 0 amide bonds. The van der Waals surface area contributed by atoms with E-state index < -0.39 is 0 Å². The monoisotopic (exact) mass is 351 g/mol. The molecule has 0 fully saturated rings. The van der Waals surface area contributed by atoms with Crippen LogP contribution in [0.25, 0.3) is 22.1 Å². The second kappa shape index (κ2) is 7.51. The van der Waals surface area contributed by atoms with Crippen molar-refractivity contribution in [2.45, 2.75) is 12.1 Å². The van der Waals surface area contributed by atoms with Gasteiger partial charge in [0.25, 0.3) is 0 Å². The molecule has 2 rings (SSSR count). The molecule has 0 bridgehead atoms. The molecule has 0 aliphatic carbocycles. The number of benzene rings is 1. The lowest BCUT2D eigenvalue weighted by atomic mass is 10.1. The maximum Gasteiger partial charge on any atom is 0.187 e. The first-order valence-electron chi connectivity index (χ1n) is 6.15. The minimum atomic E-state index is 0.286. The Bertz CT molecular complexity index is 785. The summed E-state index contributed by atoms with van der Waals surface area (Å²) in [6.45, 7) is 1.87. The van der Waals surface area contributed by atoms with Crippen LogP contribution in [0.15, 0.2) is 34.7 Å². The molecule has 0 spiro atoms. The van der Waals surface area contributed by atoms with Crippen LogP contribution in [-0.2, 0) is 0 Å². The molecule has 22 heavy (non-hydrogen) atoms. The Hall–Kier alpha value is -1.72. The number of nitrogens with zero attached hydrogens (tertiary/aromatic N) is 5. The Morgan fingerprint density at radius 2 is 2.18 bits per heavy atom. The van der Waals surface area contributed by atoms with Crippen LogP contribution in [0.1, 0.15) is 18.1 Å². The summed E-state index contributed by atoms with van der Waals surface area (Å²) in [7, 11) is 0. The van der Waals surface area contributed by atoms with Crippen LogP contribution in [0.4, 0.5) is 5.82 Å². The average molecular weight is 352 g/mol. The summed E-state index contributed by atoms with van der Waals surface area (Å²) < 4.78 is 0. The van der Waals surface area contributed by atoms with Crippen molar-refractivity contribution >= 4 is 52.4 Å². The number of allylic oxidation sites excluding steroid dienone is 1. The number of aromatic nitrogens is 2. The fraction of sp³-hybridized carbons (Fsp3) is 0.143. The van der Waals surface area contributed by atoms with Crippen molar-refractivity contribution < 1.29 is 0 Å². The van der Waals surface area contributed by atoms with Crippen molar-refractivity contribution in [2.75, 3.05) is 6.26 Å². The molecule has 0 aliphatic rings. The first-order valence-corrected chi connectivity index (χ1v) is 8.13. The molecule has 1 aromatic heterocycles. The molecule has 0 unspecified atom stereocenters. The van der Waals surface area contributed by atoms with E-state index in [1.165, 1.54) is 11.8 Å². The summed E-state index contributed by atoms with van der Waals surface area (Å²) in [5.41, 5.74) is 10.9. The van der Waals surface area contributed by atoms with Crippen molar-refractivity contribution in [3.63, 3.8) is 0 Å². The number of hydrogen-bond acceptors (Lipinski definition) is 4. The van der Waals surface area contributed by atoms with E-state index >= 15 is 0 Å². The Labute approximate surface area is 142 Å². The number of rotatable bonds is 4. The standard InChI is InChI=1S/C14H11Cl2N5S/c1-8(6-9-4-3-5-11(15)12(9)16)10-7-18-14(22-2)19-13(10)20-21-17/h3-7H,1-2H3/b8-6+. The third-order valence-corrected chi connectivity index (χ3v) is 4.24. The third-order valence-electron chi connectivity index (χ3n) is 2.85. The van der Waals surface area contributed by atoms with Gasteiger partial charge in [-0.1, -0.05) is 47.1 Å². The lowest BCUT2D eigenvalue weighted by molar-refractivity contribution is 0.958. The molecule has 112 valence electrons. The van der Waals surface area contributed by atoms with Gasteiger partial charge in [0.05, 0.1) is 10.0 Å². The lowest BCUT2D eigenvalue weighted by Crippen LogP contribution is -1.91. The van der Waals surface area contributed by atoms with Gasteiger partial charge >= 0.3 is 0 Å². The van der Waals surface area contributed by atoms with Crippen molar-refractivity contribution in [3.8, 4) is 0 Å². The van der Waals surface area contributed by atoms with Crippen molar-refractivity contribution in [3.05, 3.63) is 56.0 Å². The molecular weight excluding hydrogens is 341 g/mol. The Kier molecular flexibility index (Phi) is 5.69. The minimum absolute atomic E-state index is 0.286. The molecule has 0 atom stereocenters. The fourth-order valence-electron chi connectivity index (χ4n) is 1.80. The van der Waals surface area contributed by atoms with E-state index in [2.05, 4.69) is 20.0 Å². The zero-order valence-electron chi connectivity index (χ0n) is 11.8. The van der Waals surface area contributed by atoms with Gasteiger partial charge in [-0.25, -0.2) is 9.97 Å². The van der Waals surface area contributed by atoms with Gasteiger partial charge in [0.1, 0.15) is 5.82 Å². The van der Waals surface area contributed by atoms with Gasteiger partial charge in [0.15, 0.2) is 5.16 Å². The van der Waals surface area contributed by atoms with Gasteiger partial charge in [-0.15, -0.1) is 0 Å². The maximum absolute atomic E-state index is 8.69. The Morgan fingerprint density at radius 3 is 2.86 bits per heavy atom. The molecule has 1 heterocycles. The van der Waals surface area contributed by atoms with Crippen LogP contribution in [-0.4, -0.2) is 16.2 Å². The molecule has 0 saturated heterocycles. The molecular formula is C14H11Cl2N5S. The van der Waals surface area contributed by atoms with E-state index in [0.29, 0.717) is 20.8 Å². The number of azide groups is 1. The second-order valence-corrected chi connectivity index (χ2v) is 5.81. The Morgan fingerprint density at radius 1 is 1.41 bits per heavy atom. The van der Waals surface area contributed by atoms with Crippen LogP contribution in [0.5, 0.6) is 0 Å². The predicted octanol–water partition coefficient (Wildman–Crippen LogP) is 6.01. The van der Waals surface area contributed by atoms with E-state index in [1.54, 1.807) is 12.3 Å². The zero-order chi connectivity index (χ0) is 16.1. The first-order chi connectivity index (χ1) is 10.6. The van der Waals surface area contributed by atoms with Crippen molar-refractivity contribution in [2.24, 2.45) is 5.11 Å². The summed E-state index contributed by atoms with van der Waals surface area (Å²) >= 11 is 13.6. The first kappa shape index (κ1) is 16.6. The smallest absolute Gasteiger partial charge is 0.187 e. The van der Waals surface area contributed by atoms with Gasteiger partial charge < -0.3 is 0 Å². The number of thioether (sulfide) groups is 1. The fourth-order valence-corrected chi connectivity index (χ4v) is 2.49. The average Bonchev–Trinajstić information content (AvgIpc) is 2.52. The summed E-state index contributed by atoms with van der Waals surface area (Å²) in [6.07, 6.45) is 5.33. The largest absolute Gasteiger partial charge is 0.230 e. The molecule has 0 N–H and O–H groups in total. The number of halogens is 2. The van der Waals surface area contributed by atoms with Crippen LogP contribution in [0.3, 0.4) is 0 Å². The van der Waals surface area contributed by atoms with Crippen LogP contribution in [0, 0.1) is 0 Å². The van der Waals surface area contributed by atoms with E-state index in [9.17, 15) is 0 Å². The van der Waals surface area contributed by atoms with Crippen LogP contribution in [0.2, 0.25) is 10.0 Å². The topological polar surface area (TPSA) is 74.5 Å². The maximum atomic E-state index is 8.69. The summed E-state index contributed by atoms with van der Waals surface area (Å²) in [5.74, 6) is 0.286. The van der Waals surface area contributed by atoms with E-state index in [4.69, 9.17) is 28.7 Å². The highest BCUT2D eigenvalue weighted by atomic mass is 35.5. The molecule has 1 aromatic carbocycles. The highest BCUT2D eigenvalue weighted by Crippen LogP contribution is 2.31. The van der Waals surface area contributed by atoms with E-state index in [-0.39, 0.29) is 5.82 Å². The molecule has 0 saturated carbocycles. The van der Waals surface area contributed by atoms with Crippen molar-refractivity contribution in [1.29, 1.82) is 0 Å². The lowest BCUT2D eigenvalue weighted by Gasteiger charge is -2.07. The summed E-state index contributed by atoms with van der Waals surface area (Å²) in [6, 6.07) is 5.38. The van der Waals surface area contributed by atoms with Gasteiger partial charge in [0, 0.05) is 16.7 Å². The molecule has 5 nitrogen and oxygen atoms in total. The van der Waals surface area contributed by atoms with Gasteiger partial charge in [-0.2, -0.15) is 0 Å². The normalized spacial score (nSPS) is 11.2. The molecule has 0 radical (unpaired) electrons. The van der Waals surface area contributed by atoms with Gasteiger partial charge in [-0.05, 0) is 47.1 Å². The highest BCUT2D eigenvalue weighted by Gasteiger charge is 2.09. The minimum Gasteiger partial charge on any atom is -0.230 e. The summed E-state index contributed by atoms with van der Waals surface area (Å²) in [5, 5.41) is 5.12. The molecule has 2 aromatic rings. The van der Waals surface area contributed by atoms with Crippen LogP contribution < -0.4 is 0 Å². The van der Waals surface area contributed by atoms with Crippen LogP contribution >= 0.6 is 35.0 Å². The highest BCUT2D eigenvalue weighted by molar-refractivity contribution is 7.98. The Balaban J connectivity index is 2.53. The van der Waals surface area contributed by atoms with Gasteiger partial charge in [0.2, 0.25) is 0 Å². The van der Waals surface area contributed by atoms with Gasteiger partial charge in [-0.3, -0.25) is 0 Å². The number of hydrogen-bond donors (Lipinski definition) is 0. The van der Waals surface area contributed by atoms with E-state index in [1.807, 2.05) is 31.4 Å². The molecule has 0 aliphatic heterocycles. The van der Waals surface area contributed by atoms with E-state index in [0.717, 1.165) is 11.1 Å². The second-order valence-electron chi connectivity index (χ2n) is 4.25. The quantitative estimate of drug-likeness (QED) is 0.222. The zero-order valence-corrected chi connectivity index (χ0v) is 14.1. The predicted molar refractivity (Wildman–Crippen MR) is 92.6 cm³/mol. The van der Waals surface area contributed by atoms with Crippen molar-refractivity contribution in [1.82, 2.24) is 9.97 Å². The SMILES string of the molecule is CSc1ncc(/C(C)=C/c2cccc(Cl)c2Cl)c(N=[N+]=[N-])n1.